The zero-order valence-electron chi connectivity index (χ0n) is 11.7. The molecule has 0 radical (unpaired) electrons. The molecule has 1 aromatic carbocycles. The second kappa shape index (κ2) is 6.09. The topological polar surface area (TPSA) is 27.6 Å². The minimum atomic E-state index is 0.749. The average Bonchev–Trinajstić information content (AvgIpc) is 3.13. The molecule has 104 valence electrons. The minimum absolute atomic E-state index is 0.749. The first kappa shape index (κ1) is 13.2. The maximum Gasteiger partial charge on any atom is 0.198 e. The number of rotatable bonds is 3. The van der Waals surface area contributed by atoms with E-state index in [4.69, 9.17) is 4.99 Å². The lowest BCUT2D eigenvalue weighted by Gasteiger charge is -2.22. The number of benzene rings is 1. The molecule has 0 saturated heterocycles. The maximum absolute atomic E-state index is 4.78. The molecule has 1 N–H and O–H groups in total. The molecule has 0 spiro atoms. The van der Waals surface area contributed by atoms with Crippen molar-refractivity contribution in [3.05, 3.63) is 52.2 Å². The van der Waals surface area contributed by atoms with Gasteiger partial charge in [-0.25, -0.2) is 4.99 Å². The lowest BCUT2D eigenvalue weighted by molar-refractivity contribution is 0.885. The number of hydrogen-bond acceptors (Lipinski definition) is 2. The molecule has 0 atom stereocenters. The van der Waals surface area contributed by atoms with Crippen molar-refractivity contribution < 1.29 is 0 Å². The van der Waals surface area contributed by atoms with Crippen LogP contribution >= 0.6 is 11.3 Å². The third-order valence-corrected chi connectivity index (χ3v) is 4.30. The Kier molecular flexibility index (Phi) is 4.02. The molecule has 20 heavy (non-hydrogen) atoms. The zero-order valence-corrected chi connectivity index (χ0v) is 12.5. The molecule has 3 nitrogen and oxygen atoms in total. The average molecular weight is 285 g/mol. The number of nitrogens with zero attached hydrogens (tertiary/aromatic N) is 2. The summed E-state index contributed by atoms with van der Waals surface area (Å²) in [5.74, 6) is 0.992. The first-order valence-electron chi connectivity index (χ1n) is 7.04. The van der Waals surface area contributed by atoms with Gasteiger partial charge in [-0.15, -0.1) is 11.3 Å². The van der Waals surface area contributed by atoms with Crippen molar-refractivity contribution in [1.82, 2.24) is 5.32 Å². The Balaban J connectivity index is 1.82. The quantitative estimate of drug-likeness (QED) is 0.692. The molecule has 0 saturated carbocycles. The van der Waals surface area contributed by atoms with Crippen molar-refractivity contribution in [3.63, 3.8) is 0 Å². The number of nitrogens with one attached hydrogen (secondary N) is 1. The number of guanidine groups is 1. The number of para-hydroxylation sites is 1. The summed E-state index contributed by atoms with van der Waals surface area (Å²) in [6.45, 7) is 4.76. The number of fused-ring (bicyclic) bond motifs is 1. The Bertz CT molecular complexity index is 590. The Morgan fingerprint density at radius 2 is 2.20 bits per heavy atom. The van der Waals surface area contributed by atoms with Crippen LogP contribution in [0.1, 0.15) is 17.4 Å². The van der Waals surface area contributed by atoms with Crippen molar-refractivity contribution in [2.24, 2.45) is 4.99 Å². The van der Waals surface area contributed by atoms with Crippen molar-refractivity contribution in [1.29, 1.82) is 0 Å². The molecule has 0 bridgehead atoms. The van der Waals surface area contributed by atoms with E-state index in [9.17, 15) is 0 Å². The summed E-state index contributed by atoms with van der Waals surface area (Å²) in [6, 6.07) is 12.8. The van der Waals surface area contributed by atoms with Crippen LogP contribution in [0.3, 0.4) is 0 Å². The summed E-state index contributed by atoms with van der Waals surface area (Å²) < 4.78 is 0. The van der Waals surface area contributed by atoms with Crippen LogP contribution < -0.4 is 10.2 Å². The van der Waals surface area contributed by atoms with Gasteiger partial charge in [0.15, 0.2) is 5.96 Å². The van der Waals surface area contributed by atoms with E-state index in [0.29, 0.717) is 0 Å². The van der Waals surface area contributed by atoms with Gasteiger partial charge in [0.05, 0.1) is 6.54 Å². The number of hydrogen-bond donors (Lipinski definition) is 1. The predicted octanol–water partition coefficient (Wildman–Crippen LogP) is 3.28. The van der Waals surface area contributed by atoms with Crippen LogP contribution in [-0.2, 0) is 13.0 Å². The second-order valence-corrected chi connectivity index (χ2v) is 5.81. The Morgan fingerprint density at radius 3 is 3.00 bits per heavy atom. The van der Waals surface area contributed by atoms with Crippen molar-refractivity contribution in [3.8, 4) is 0 Å². The normalized spacial score (nSPS) is 14.4. The number of aliphatic imine (C=N–C) groups is 1. The second-order valence-electron chi connectivity index (χ2n) is 4.78. The first-order chi connectivity index (χ1) is 9.88. The summed E-state index contributed by atoms with van der Waals surface area (Å²) >= 11 is 1.76. The molecule has 1 aliphatic heterocycles. The fraction of sp³-hybridized carbons (Fsp3) is 0.312. The molecular formula is C16H19N3S. The van der Waals surface area contributed by atoms with E-state index >= 15 is 0 Å². The van der Waals surface area contributed by atoms with Crippen LogP contribution in [-0.4, -0.2) is 19.0 Å². The van der Waals surface area contributed by atoms with Gasteiger partial charge in [0.1, 0.15) is 0 Å². The van der Waals surface area contributed by atoms with Gasteiger partial charge in [0.25, 0.3) is 0 Å². The summed E-state index contributed by atoms with van der Waals surface area (Å²) in [5.41, 5.74) is 2.70. The van der Waals surface area contributed by atoms with Crippen LogP contribution in [0.2, 0.25) is 0 Å². The van der Waals surface area contributed by atoms with Crippen LogP contribution in [0.15, 0.2) is 46.8 Å². The van der Waals surface area contributed by atoms with Gasteiger partial charge in [-0.3, -0.25) is 0 Å². The van der Waals surface area contributed by atoms with Crippen molar-refractivity contribution in [2.75, 3.05) is 18.0 Å². The lowest BCUT2D eigenvalue weighted by atomic mass is 10.2. The van der Waals surface area contributed by atoms with Gasteiger partial charge in [0.2, 0.25) is 0 Å². The van der Waals surface area contributed by atoms with E-state index in [-0.39, 0.29) is 0 Å². The van der Waals surface area contributed by atoms with Crippen LogP contribution in [0.4, 0.5) is 5.69 Å². The maximum atomic E-state index is 4.78. The van der Waals surface area contributed by atoms with Gasteiger partial charge < -0.3 is 10.2 Å². The van der Waals surface area contributed by atoms with Gasteiger partial charge >= 0.3 is 0 Å². The van der Waals surface area contributed by atoms with E-state index in [1.54, 1.807) is 11.3 Å². The minimum Gasteiger partial charge on any atom is -0.356 e. The fourth-order valence-corrected chi connectivity index (χ4v) is 3.14. The van der Waals surface area contributed by atoms with Crippen molar-refractivity contribution >= 4 is 23.0 Å². The molecule has 0 amide bonds. The van der Waals surface area contributed by atoms with Gasteiger partial charge in [0, 0.05) is 23.7 Å². The van der Waals surface area contributed by atoms with E-state index in [1.807, 2.05) is 0 Å². The highest BCUT2D eigenvalue weighted by molar-refractivity contribution is 7.09. The van der Waals surface area contributed by atoms with Crippen LogP contribution in [0.5, 0.6) is 0 Å². The standard InChI is InChI=1S/C16H19N3S/c1-2-17-16(18-12-14-7-5-11-20-14)19-10-9-13-6-3-4-8-15(13)19/h3-8,11H,2,9-10,12H2,1H3,(H,17,18). The molecule has 1 aromatic heterocycles. The van der Waals surface area contributed by atoms with Crippen molar-refractivity contribution in [2.45, 2.75) is 19.9 Å². The largest absolute Gasteiger partial charge is 0.356 e. The highest BCUT2D eigenvalue weighted by Crippen LogP contribution is 2.27. The Hall–Kier alpha value is -1.81. The van der Waals surface area contributed by atoms with E-state index in [1.165, 1.54) is 16.1 Å². The lowest BCUT2D eigenvalue weighted by Crippen LogP contribution is -2.40. The molecule has 2 aromatic rings. The summed E-state index contributed by atoms with van der Waals surface area (Å²) in [6.07, 6.45) is 1.10. The number of anilines is 1. The summed E-state index contributed by atoms with van der Waals surface area (Å²) in [5, 5.41) is 5.51. The van der Waals surface area contributed by atoms with E-state index < -0.39 is 0 Å². The number of thiophene rings is 1. The SMILES string of the molecule is CCNC(=NCc1cccs1)N1CCc2ccccc21. The van der Waals surface area contributed by atoms with Gasteiger partial charge in [-0.05, 0) is 36.4 Å². The van der Waals surface area contributed by atoms with Gasteiger partial charge in [-0.2, -0.15) is 0 Å². The van der Waals surface area contributed by atoms with Crippen LogP contribution in [0.25, 0.3) is 0 Å². The van der Waals surface area contributed by atoms with Crippen LogP contribution in [0, 0.1) is 0 Å². The zero-order chi connectivity index (χ0) is 13.8. The molecule has 0 unspecified atom stereocenters. The molecular weight excluding hydrogens is 266 g/mol. The Morgan fingerprint density at radius 1 is 1.30 bits per heavy atom. The Labute approximate surface area is 124 Å². The molecule has 4 heteroatoms. The van der Waals surface area contributed by atoms with Gasteiger partial charge in [-0.1, -0.05) is 24.3 Å². The molecule has 0 aliphatic carbocycles. The highest BCUT2D eigenvalue weighted by atomic mass is 32.1. The third kappa shape index (κ3) is 2.70. The molecule has 3 rings (SSSR count). The fourth-order valence-electron chi connectivity index (χ4n) is 2.51. The highest BCUT2D eigenvalue weighted by Gasteiger charge is 2.22. The monoisotopic (exact) mass is 285 g/mol. The predicted molar refractivity (Wildman–Crippen MR) is 86.6 cm³/mol. The first-order valence-corrected chi connectivity index (χ1v) is 7.92. The smallest absolute Gasteiger partial charge is 0.198 e. The molecule has 0 fully saturated rings. The molecule has 1 aliphatic rings. The van der Waals surface area contributed by atoms with E-state index in [0.717, 1.165) is 32.0 Å². The summed E-state index contributed by atoms with van der Waals surface area (Å²) in [7, 11) is 0. The van der Waals surface area contributed by atoms with E-state index in [2.05, 4.69) is 58.9 Å². The summed E-state index contributed by atoms with van der Waals surface area (Å²) in [4.78, 5) is 8.38. The third-order valence-electron chi connectivity index (χ3n) is 3.44. The molecule has 2 heterocycles.